The number of carbonyl (C=O) groups excluding carboxylic acids is 2. The van der Waals surface area contributed by atoms with Crippen LogP contribution in [-0.2, 0) is 9.53 Å². The van der Waals surface area contributed by atoms with E-state index in [1.54, 1.807) is 63.5 Å². The fraction of sp³-hybridized carbons (Fsp3) is 0.316. The summed E-state index contributed by atoms with van der Waals surface area (Å²) in [6.45, 7) is 7.10. The Hall–Kier alpha value is -2.60. The fourth-order valence-corrected chi connectivity index (χ4v) is 2.41. The van der Waals surface area contributed by atoms with E-state index in [1.165, 1.54) is 0 Å². The standard InChI is InChI=1S/C19H22ClN3O3/c1-12-8-9-21-11-15(12)22-17(24)16(13-6-5-7-14(20)10-13)23-18(25)26-19(2,3)4/h5-11,16H,1-4H3,(H,22,24)(H,23,25). The Morgan fingerprint density at radius 1 is 1.23 bits per heavy atom. The highest BCUT2D eigenvalue weighted by Gasteiger charge is 2.26. The number of rotatable bonds is 4. The van der Waals surface area contributed by atoms with Crippen molar-refractivity contribution in [2.24, 2.45) is 0 Å². The predicted molar refractivity (Wildman–Crippen MR) is 101 cm³/mol. The SMILES string of the molecule is Cc1ccncc1NC(=O)C(NC(=O)OC(C)(C)C)c1cccc(Cl)c1. The van der Waals surface area contributed by atoms with Gasteiger partial charge in [-0.2, -0.15) is 0 Å². The first-order valence-electron chi connectivity index (χ1n) is 8.12. The van der Waals surface area contributed by atoms with Gasteiger partial charge in [-0.1, -0.05) is 23.7 Å². The van der Waals surface area contributed by atoms with Gasteiger partial charge in [0.05, 0.1) is 11.9 Å². The summed E-state index contributed by atoms with van der Waals surface area (Å²) < 4.78 is 5.27. The van der Waals surface area contributed by atoms with Gasteiger partial charge in [-0.05, 0) is 57.0 Å². The summed E-state index contributed by atoms with van der Waals surface area (Å²) in [5, 5.41) is 5.85. The quantitative estimate of drug-likeness (QED) is 0.837. The summed E-state index contributed by atoms with van der Waals surface area (Å²) in [5.74, 6) is -0.422. The molecule has 0 aliphatic rings. The van der Waals surface area contributed by atoms with Crippen molar-refractivity contribution in [1.29, 1.82) is 0 Å². The molecule has 0 aliphatic heterocycles. The number of alkyl carbamates (subject to hydrolysis) is 1. The summed E-state index contributed by atoms with van der Waals surface area (Å²) in [5.41, 5.74) is 1.28. The number of hydrogen-bond donors (Lipinski definition) is 2. The van der Waals surface area contributed by atoms with Crippen molar-refractivity contribution >= 4 is 29.3 Å². The molecule has 0 saturated carbocycles. The maximum Gasteiger partial charge on any atom is 0.408 e. The van der Waals surface area contributed by atoms with Crippen molar-refractivity contribution in [3.8, 4) is 0 Å². The Kier molecular flexibility index (Phi) is 6.21. The Labute approximate surface area is 157 Å². The molecule has 6 nitrogen and oxygen atoms in total. The van der Waals surface area contributed by atoms with E-state index in [4.69, 9.17) is 16.3 Å². The first-order valence-corrected chi connectivity index (χ1v) is 8.50. The molecule has 0 radical (unpaired) electrons. The lowest BCUT2D eigenvalue weighted by Crippen LogP contribution is -2.40. The lowest BCUT2D eigenvalue weighted by Gasteiger charge is -2.24. The molecular formula is C19H22ClN3O3. The van der Waals surface area contributed by atoms with E-state index < -0.39 is 23.6 Å². The molecule has 138 valence electrons. The minimum atomic E-state index is -0.969. The van der Waals surface area contributed by atoms with Gasteiger partial charge >= 0.3 is 6.09 Å². The zero-order valence-corrected chi connectivity index (χ0v) is 15.9. The average Bonchev–Trinajstić information content (AvgIpc) is 2.53. The van der Waals surface area contributed by atoms with Crippen LogP contribution in [0.1, 0.15) is 37.9 Å². The monoisotopic (exact) mass is 375 g/mol. The molecule has 1 aromatic heterocycles. The Bertz CT molecular complexity index is 803. The summed E-state index contributed by atoms with van der Waals surface area (Å²) in [6.07, 6.45) is 2.49. The van der Waals surface area contributed by atoms with Crippen LogP contribution in [-0.4, -0.2) is 22.6 Å². The van der Waals surface area contributed by atoms with E-state index in [0.717, 1.165) is 5.56 Å². The van der Waals surface area contributed by atoms with Crippen LogP contribution >= 0.6 is 11.6 Å². The number of aromatic nitrogens is 1. The Morgan fingerprint density at radius 3 is 2.58 bits per heavy atom. The highest BCUT2D eigenvalue weighted by atomic mass is 35.5. The van der Waals surface area contributed by atoms with Crippen LogP contribution in [0.15, 0.2) is 42.7 Å². The number of halogens is 1. The highest BCUT2D eigenvalue weighted by molar-refractivity contribution is 6.30. The number of carbonyl (C=O) groups is 2. The number of pyridine rings is 1. The van der Waals surface area contributed by atoms with E-state index >= 15 is 0 Å². The normalized spacial score (nSPS) is 12.2. The largest absolute Gasteiger partial charge is 0.444 e. The number of hydrogen-bond acceptors (Lipinski definition) is 4. The summed E-state index contributed by atoms with van der Waals surface area (Å²) in [6, 6.07) is 7.56. The van der Waals surface area contributed by atoms with E-state index in [-0.39, 0.29) is 0 Å². The molecule has 1 unspecified atom stereocenters. The van der Waals surface area contributed by atoms with Crippen LogP contribution < -0.4 is 10.6 Å². The van der Waals surface area contributed by atoms with Gasteiger partial charge in [0, 0.05) is 11.2 Å². The fourth-order valence-electron chi connectivity index (χ4n) is 2.21. The molecular weight excluding hydrogens is 354 g/mol. The van der Waals surface area contributed by atoms with E-state index in [2.05, 4.69) is 15.6 Å². The van der Waals surface area contributed by atoms with Crippen molar-refractivity contribution in [2.45, 2.75) is 39.3 Å². The maximum atomic E-state index is 12.8. The first kappa shape index (κ1) is 19.7. The van der Waals surface area contributed by atoms with Gasteiger partial charge in [0.1, 0.15) is 11.6 Å². The zero-order chi connectivity index (χ0) is 19.3. The van der Waals surface area contributed by atoms with E-state index in [0.29, 0.717) is 16.3 Å². The maximum absolute atomic E-state index is 12.8. The van der Waals surface area contributed by atoms with Crippen LogP contribution in [0, 0.1) is 6.92 Å². The van der Waals surface area contributed by atoms with E-state index in [1.807, 2.05) is 6.92 Å². The lowest BCUT2D eigenvalue weighted by molar-refractivity contribution is -0.118. The third kappa shape index (κ3) is 5.74. The molecule has 1 aromatic carbocycles. The average molecular weight is 376 g/mol. The zero-order valence-electron chi connectivity index (χ0n) is 15.2. The molecule has 7 heteroatoms. The molecule has 26 heavy (non-hydrogen) atoms. The van der Waals surface area contributed by atoms with Gasteiger partial charge in [-0.3, -0.25) is 9.78 Å². The van der Waals surface area contributed by atoms with Crippen LogP contribution in [0.5, 0.6) is 0 Å². The minimum absolute atomic E-state index is 0.422. The van der Waals surface area contributed by atoms with Crippen molar-refractivity contribution in [3.05, 3.63) is 58.9 Å². The molecule has 0 saturated heterocycles. The molecule has 2 N–H and O–H groups in total. The number of aryl methyl sites for hydroxylation is 1. The van der Waals surface area contributed by atoms with Gasteiger partial charge < -0.3 is 15.4 Å². The second-order valence-corrected chi connectivity index (χ2v) is 7.25. The van der Waals surface area contributed by atoms with Crippen LogP contribution in [0.25, 0.3) is 0 Å². The first-order chi connectivity index (χ1) is 12.2. The minimum Gasteiger partial charge on any atom is -0.444 e. The van der Waals surface area contributed by atoms with Crippen LogP contribution in [0.2, 0.25) is 5.02 Å². The third-order valence-corrected chi connectivity index (χ3v) is 3.64. The molecule has 1 heterocycles. The number of benzene rings is 1. The molecule has 2 aromatic rings. The Morgan fingerprint density at radius 2 is 1.96 bits per heavy atom. The molecule has 2 rings (SSSR count). The van der Waals surface area contributed by atoms with Gasteiger partial charge in [0.2, 0.25) is 0 Å². The molecule has 0 spiro atoms. The number of ether oxygens (including phenoxy) is 1. The highest BCUT2D eigenvalue weighted by Crippen LogP contribution is 2.21. The van der Waals surface area contributed by atoms with Crippen molar-refractivity contribution < 1.29 is 14.3 Å². The topological polar surface area (TPSA) is 80.3 Å². The smallest absolute Gasteiger partial charge is 0.408 e. The van der Waals surface area contributed by atoms with Crippen LogP contribution in [0.3, 0.4) is 0 Å². The molecule has 0 bridgehead atoms. The lowest BCUT2D eigenvalue weighted by atomic mass is 10.1. The molecule has 1 atom stereocenters. The number of amides is 2. The number of anilines is 1. The third-order valence-electron chi connectivity index (χ3n) is 3.40. The van der Waals surface area contributed by atoms with Crippen molar-refractivity contribution in [3.63, 3.8) is 0 Å². The Balaban J connectivity index is 2.26. The number of nitrogens with zero attached hydrogens (tertiary/aromatic N) is 1. The van der Waals surface area contributed by atoms with Gasteiger partial charge in [0.25, 0.3) is 5.91 Å². The molecule has 0 aliphatic carbocycles. The summed E-state index contributed by atoms with van der Waals surface area (Å²) >= 11 is 6.04. The summed E-state index contributed by atoms with van der Waals surface area (Å²) in [4.78, 5) is 29.0. The van der Waals surface area contributed by atoms with Gasteiger partial charge in [-0.15, -0.1) is 0 Å². The summed E-state index contributed by atoms with van der Waals surface area (Å²) in [7, 11) is 0. The second-order valence-electron chi connectivity index (χ2n) is 6.81. The molecule has 2 amide bonds. The molecule has 0 fully saturated rings. The van der Waals surface area contributed by atoms with Gasteiger partial charge in [0.15, 0.2) is 0 Å². The van der Waals surface area contributed by atoms with Crippen molar-refractivity contribution in [2.75, 3.05) is 5.32 Å². The van der Waals surface area contributed by atoms with Crippen molar-refractivity contribution in [1.82, 2.24) is 10.3 Å². The van der Waals surface area contributed by atoms with E-state index in [9.17, 15) is 9.59 Å². The van der Waals surface area contributed by atoms with Crippen LogP contribution in [0.4, 0.5) is 10.5 Å². The number of nitrogens with one attached hydrogen (secondary N) is 2. The second kappa shape index (κ2) is 8.19. The van der Waals surface area contributed by atoms with Gasteiger partial charge in [-0.25, -0.2) is 4.79 Å². The predicted octanol–water partition coefficient (Wildman–Crippen LogP) is 4.25.